The summed E-state index contributed by atoms with van der Waals surface area (Å²) in [6.07, 6.45) is 0. The molecule has 84 valence electrons. The number of nitrogens with zero attached hydrogens (tertiary/aromatic N) is 1. The number of pyridine rings is 1. The lowest BCUT2D eigenvalue weighted by Gasteiger charge is -2.20. The van der Waals surface area contributed by atoms with Crippen molar-refractivity contribution in [1.29, 1.82) is 0 Å². The molecule has 0 aliphatic rings. The molecule has 0 unspecified atom stereocenters. The molecule has 0 saturated heterocycles. The first-order chi connectivity index (χ1) is 6.97. The second-order valence-corrected chi connectivity index (χ2v) is 4.64. The summed E-state index contributed by atoms with van der Waals surface area (Å²) in [4.78, 5) is 4.26. The second-order valence-electron chi connectivity index (χ2n) is 4.64. The Kier molecular flexibility index (Phi) is 4.09. The highest BCUT2D eigenvalue weighted by Crippen LogP contribution is 2.06. The Balaban J connectivity index is 2.26. The van der Waals surface area contributed by atoms with Gasteiger partial charge in [0, 0.05) is 23.8 Å². The SMILES string of the molecule is Cc1cccc(OCCNC(C)(C)C)n1. The Morgan fingerprint density at radius 1 is 1.33 bits per heavy atom. The van der Waals surface area contributed by atoms with Gasteiger partial charge in [0.2, 0.25) is 5.88 Å². The maximum Gasteiger partial charge on any atom is 0.213 e. The van der Waals surface area contributed by atoms with Crippen LogP contribution in [0.15, 0.2) is 18.2 Å². The summed E-state index contributed by atoms with van der Waals surface area (Å²) in [6.45, 7) is 9.85. The Bertz CT molecular complexity index is 305. The van der Waals surface area contributed by atoms with Gasteiger partial charge in [0.15, 0.2) is 0 Å². The van der Waals surface area contributed by atoms with Crippen molar-refractivity contribution in [3.05, 3.63) is 23.9 Å². The van der Waals surface area contributed by atoms with Crippen LogP contribution in [0, 0.1) is 6.92 Å². The van der Waals surface area contributed by atoms with Gasteiger partial charge in [-0.3, -0.25) is 0 Å². The van der Waals surface area contributed by atoms with Crippen molar-refractivity contribution in [2.75, 3.05) is 13.2 Å². The molecule has 1 heterocycles. The Morgan fingerprint density at radius 2 is 2.07 bits per heavy atom. The van der Waals surface area contributed by atoms with Crippen molar-refractivity contribution in [3.8, 4) is 5.88 Å². The van der Waals surface area contributed by atoms with E-state index in [0.29, 0.717) is 12.5 Å². The fourth-order valence-corrected chi connectivity index (χ4v) is 1.18. The average Bonchev–Trinajstić information content (AvgIpc) is 2.11. The normalized spacial score (nSPS) is 11.5. The van der Waals surface area contributed by atoms with Crippen molar-refractivity contribution >= 4 is 0 Å². The first-order valence-corrected chi connectivity index (χ1v) is 5.29. The van der Waals surface area contributed by atoms with Crippen LogP contribution in [0.3, 0.4) is 0 Å². The summed E-state index contributed by atoms with van der Waals surface area (Å²) in [5, 5.41) is 3.35. The molecule has 0 saturated carbocycles. The Hall–Kier alpha value is -1.09. The van der Waals surface area contributed by atoms with E-state index in [-0.39, 0.29) is 5.54 Å². The predicted molar refractivity (Wildman–Crippen MR) is 62.2 cm³/mol. The van der Waals surface area contributed by atoms with Crippen molar-refractivity contribution in [1.82, 2.24) is 10.3 Å². The molecule has 0 spiro atoms. The van der Waals surface area contributed by atoms with E-state index in [2.05, 4.69) is 31.1 Å². The molecule has 0 aromatic carbocycles. The highest BCUT2D eigenvalue weighted by molar-refractivity contribution is 5.14. The summed E-state index contributed by atoms with van der Waals surface area (Å²) in [6, 6.07) is 5.79. The van der Waals surface area contributed by atoms with Crippen LogP contribution in [0.1, 0.15) is 26.5 Å². The van der Waals surface area contributed by atoms with Gasteiger partial charge in [0.1, 0.15) is 6.61 Å². The maximum atomic E-state index is 5.51. The minimum atomic E-state index is 0.142. The number of aromatic nitrogens is 1. The summed E-state index contributed by atoms with van der Waals surface area (Å²) in [5.41, 5.74) is 1.12. The molecule has 0 fully saturated rings. The monoisotopic (exact) mass is 208 g/mol. The molecule has 0 atom stereocenters. The third-order valence-electron chi connectivity index (χ3n) is 1.87. The molecule has 1 aromatic heterocycles. The van der Waals surface area contributed by atoms with Crippen LogP contribution in [0.2, 0.25) is 0 Å². The lowest BCUT2D eigenvalue weighted by molar-refractivity contribution is 0.281. The van der Waals surface area contributed by atoms with Gasteiger partial charge >= 0.3 is 0 Å². The lowest BCUT2D eigenvalue weighted by Crippen LogP contribution is -2.38. The first kappa shape index (κ1) is 12.0. The number of hydrogen-bond donors (Lipinski definition) is 1. The summed E-state index contributed by atoms with van der Waals surface area (Å²) < 4.78 is 5.51. The fourth-order valence-electron chi connectivity index (χ4n) is 1.18. The summed E-state index contributed by atoms with van der Waals surface area (Å²) >= 11 is 0. The standard InChI is InChI=1S/C12H20N2O/c1-10-6-5-7-11(14-10)15-9-8-13-12(2,3)4/h5-7,13H,8-9H2,1-4H3. The van der Waals surface area contributed by atoms with E-state index < -0.39 is 0 Å². The van der Waals surface area contributed by atoms with Crippen LogP contribution < -0.4 is 10.1 Å². The van der Waals surface area contributed by atoms with Gasteiger partial charge in [-0.25, -0.2) is 4.98 Å². The van der Waals surface area contributed by atoms with E-state index in [4.69, 9.17) is 4.74 Å². The zero-order valence-electron chi connectivity index (χ0n) is 10.0. The quantitative estimate of drug-likeness (QED) is 0.770. The number of ether oxygens (including phenoxy) is 1. The topological polar surface area (TPSA) is 34.1 Å². The number of aryl methyl sites for hydroxylation is 1. The highest BCUT2D eigenvalue weighted by atomic mass is 16.5. The number of rotatable bonds is 4. The fraction of sp³-hybridized carbons (Fsp3) is 0.583. The molecule has 0 amide bonds. The molecule has 1 N–H and O–H groups in total. The third-order valence-corrected chi connectivity index (χ3v) is 1.87. The van der Waals surface area contributed by atoms with Crippen LogP contribution in [0.25, 0.3) is 0 Å². The molecule has 0 aliphatic heterocycles. The van der Waals surface area contributed by atoms with Crippen molar-refractivity contribution in [2.45, 2.75) is 33.2 Å². The van der Waals surface area contributed by atoms with E-state index in [9.17, 15) is 0 Å². The first-order valence-electron chi connectivity index (χ1n) is 5.29. The molecule has 15 heavy (non-hydrogen) atoms. The molecular weight excluding hydrogens is 188 g/mol. The number of nitrogens with one attached hydrogen (secondary N) is 1. The van der Waals surface area contributed by atoms with Gasteiger partial charge in [-0.2, -0.15) is 0 Å². The lowest BCUT2D eigenvalue weighted by atomic mass is 10.1. The molecule has 3 nitrogen and oxygen atoms in total. The zero-order chi connectivity index (χ0) is 11.3. The van der Waals surface area contributed by atoms with E-state index >= 15 is 0 Å². The Morgan fingerprint density at radius 3 is 2.67 bits per heavy atom. The largest absolute Gasteiger partial charge is 0.476 e. The highest BCUT2D eigenvalue weighted by Gasteiger charge is 2.07. The molecule has 0 bridgehead atoms. The van der Waals surface area contributed by atoms with Crippen molar-refractivity contribution in [2.24, 2.45) is 0 Å². The van der Waals surface area contributed by atoms with Gasteiger partial charge in [0.05, 0.1) is 0 Å². The van der Waals surface area contributed by atoms with E-state index in [1.165, 1.54) is 0 Å². The minimum Gasteiger partial charge on any atom is -0.476 e. The van der Waals surface area contributed by atoms with Gasteiger partial charge in [0.25, 0.3) is 0 Å². The zero-order valence-corrected chi connectivity index (χ0v) is 10.0. The van der Waals surface area contributed by atoms with E-state index in [1.54, 1.807) is 0 Å². The number of hydrogen-bond acceptors (Lipinski definition) is 3. The second kappa shape index (κ2) is 5.12. The molecule has 0 radical (unpaired) electrons. The van der Waals surface area contributed by atoms with Gasteiger partial charge in [-0.1, -0.05) is 6.07 Å². The van der Waals surface area contributed by atoms with E-state index in [1.807, 2.05) is 25.1 Å². The van der Waals surface area contributed by atoms with Crippen molar-refractivity contribution in [3.63, 3.8) is 0 Å². The van der Waals surface area contributed by atoms with Crippen LogP contribution >= 0.6 is 0 Å². The van der Waals surface area contributed by atoms with E-state index in [0.717, 1.165) is 12.2 Å². The van der Waals surface area contributed by atoms with Gasteiger partial charge in [-0.05, 0) is 33.8 Å². The molecular formula is C12H20N2O. The summed E-state index contributed by atoms with van der Waals surface area (Å²) in [5.74, 6) is 0.700. The molecule has 3 heteroatoms. The molecule has 1 rings (SSSR count). The molecule has 1 aromatic rings. The van der Waals surface area contributed by atoms with Crippen molar-refractivity contribution < 1.29 is 4.74 Å². The Labute approximate surface area is 91.9 Å². The maximum absolute atomic E-state index is 5.51. The van der Waals surface area contributed by atoms with Crippen LogP contribution in [-0.2, 0) is 0 Å². The average molecular weight is 208 g/mol. The van der Waals surface area contributed by atoms with Gasteiger partial charge < -0.3 is 10.1 Å². The predicted octanol–water partition coefficient (Wildman–Crippen LogP) is 2.16. The van der Waals surface area contributed by atoms with Crippen LogP contribution in [0.4, 0.5) is 0 Å². The third kappa shape index (κ3) is 5.37. The summed E-state index contributed by atoms with van der Waals surface area (Å²) in [7, 11) is 0. The van der Waals surface area contributed by atoms with Gasteiger partial charge in [-0.15, -0.1) is 0 Å². The smallest absolute Gasteiger partial charge is 0.213 e. The van der Waals surface area contributed by atoms with Crippen LogP contribution in [0.5, 0.6) is 5.88 Å². The van der Waals surface area contributed by atoms with Crippen LogP contribution in [-0.4, -0.2) is 23.7 Å². The molecule has 0 aliphatic carbocycles. The minimum absolute atomic E-state index is 0.142.